The van der Waals surface area contributed by atoms with Gasteiger partial charge in [0.15, 0.2) is 11.6 Å². The van der Waals surface area contributed by atoms with Crippen molar-refractivity contribution in [1.82, 2.24) is 0 Å². The molecule has 3 aromatic rings. The van der Waals surface area contributed by atoms with Gasteiger partial charge in [-0.1, -0.05) is 42.5 Å². The van der Waals surface area contributed by atoms with E-state index in [9.17, 15) is 8.78 Å². The fourth-order valence-corrected chi connectivity index (χ4v) is 2.26. The minimum Gasteiger partial charge on any atom is -0.489 e. The van der Waals surface area contributed by atoms with Crippen molar-refractivity contribution >= 4 is 5.69 Å². The van der Waals surface area contributed by atoms with E-state index >= 15 is 0 Å². The van der Waals surface area contributed by atoms with Crippen LogP contribution in [0.15, 0.2) is 66.7 Å². The molecule has 0 atom stereocenters. The second-order valence-electron chi connectivity index (χ2n) is 5.13. The van der Waals surface area contributed by atoms with Gasteiger partial charge in [0, 0.05) is 5.56 Å². The van der Waals surface area contributed by atoms with E-state index in [1.165, 1.54) is 12.1 Å². The van der Waals surface area contributed by atoms with E-state index in [0.717, 1.165) is 5.56 Å². The molecular formula is C19H15F2NO. The molecule has 0 heterocycles. The zero-order valence-corrected chi connectivity index (χ0v) is 12.3. The fourth-order valence-electron chi connectivity index (χ4n) is 2.26. The second kappa shape index (κ2) is 6.48. The molecule has 0 unspecified atom stereocenters. The van der Waals surface area contributed by atoms with Crippen LogP contribution in [-0.2, 0) is 6.61 Å². The lowest BCUT2D eigenvalue weighted by Crippen LogP contribution is -1.97. The first-order valence-corrected chi connectivity index (χ1v) is 7.16. The maximum atomic E-state index is 13.9. The molecule has 0 aliphatic rings. The minimum absolute atomic E-state index is 0.173. The van der Waals surface area contributed by atoms with Gasteiger partial charge >= 0.3 is 0 Å². The lowest BCUT2D eigenvalue weighted by atomic mass is 10.0. The molecule has 0 aliphatic heterocycles. The third-order valence-corrected chi connectivity index (χ3v) is 3.53. The van der Waals surface area contributed by atoms with Crippen LogP contribution in [-0.4, -0.2) is 0 Å². The molecule has 0 fully saturated rings. The summed E-state index contributed by atoms with van der Waals surface area (Å²) in [5.41, 5.74) is 6.95. The number of rotatable bonds is 4. The van der Waals surface area contributed by atoms with Gasteiger partial charge in [-0.05, 0) is 35.4 Å². The predicted octanol–water partition coefficient (Wildman–Crippen LogP) is 4.79. The zero-order chi connectivity index (χ0) is 16.2. The molecule has 3 rings (SSSR count). The van der Waals surface area contributed by atoms with Crippen molar-refractivity contribution in [3.8, 4) is 16.9 Å². The lowest BCUT2D eigenvalue weighted by molar-refractivity contribution is 0.306. The highest BCUT2D eigenvalue weighted by Crippen LogP contribution is 2.28. The molecule has 0 saturated carbocycles. The van der Waals surface area contributed by atoms with Gasteiger partial charge in [0.1, 0.15) is 12.4 Å². The summed E-state index contributed by atoms with van der Waals surface area (Å²) in [7, 11) is 0. The minimum atomic E-state index is -1.02. The van der Waals surface area contributed by atoms with Crippen LogP contribution in [0.2, 0.25) is 0 Å². The van der Waals surface area contributed by atoms with Crippen LogP contribution in [0.25, 0.3) is 11.1 Å². The Morgan fingerprint density at radius 3 is 2.17 bits per heavy atom. The van der Waals surface area contributed by atoms with Gasteiger partial charge < -0.3 is 10.5 Å². The van der Waals surface area contributed by atoms with Crippen molar-refractivity contribution in [2.24, 2.45) is 0 Å². The molecule has 0 aliphatic carbocycles. The highest BCUT2D eigenvalue weighted by Gasteiger charge is 2.13. The first-order valence-electron chi connectivity index (χ1n) is 7.16. The Bertz CT molecular complexity index is 802. The Morgan fingerprint density at radius 2 is 1.48 bits per heavy atom. The maximum Gasteiger partial charge on any atom is 0.182 e. The molecular weight excluding hydrogens is 296 g/mol. The Morgan fingerprint density at radius 1 is 0.783 bits per heavy atom. The third-order valence-electron chi connectivity index (χ3n) is 3.53. The Balaban J connectivity index is 1.76. The van der Waals surface area contributed by atoms with Gasteiger partial charge in [-0.2, -0.15) is 0 Å². The maximum absolute atomic E-state index is 13.9. The van der Waals surface area contributed by atoms with Gasteiger partial charge in [-0.25, -0.2) is 8.78 Å². The summed E-state index contributed by atoms with van der Waals surface area (Å²) < 4.78 is 33.1. The fraction of sp³-hybridized carbons (Fsp3) is 0.0526. The third kappa shape index (κ3) is 3.31. The molecule has 2 N–H and O–H groups in total. The van der Waals surface area contributed by atoms with Crippen LogP contribution < -0.4 is 10.5 Å². The number of ether oxygens (including phenoxy) is 1. The standard InChI is InChI=1S/C19H15F2NO/c20-18-16(10-11-17(22)19(18)21)14-6-8-15(9-7-14)23-12-13-4-2-1-3-5-13/h1-11H,12,22H2. The number of hydrogen-bond donors (Lipinski definition) is 1. The van der Waals surface area contributed by atoms with E-state index in [0.29, 0.717) is 17.9 Å². The average molecular weight is 311 g/mol. The summed E-state index contributed by atoms with van der Waals surface area (Å²) in [6.45, 7) is 0.449. The summed E-state index contributed by atoms with van der Waals surface area (Å²) in [6.07, 6.45) is 0. The van der Waals surface area contributed by atoms with Crippen molar-refractivity contribution in [3.63, 3.8) is 0 Å². The highest BCUT2D eigenvalue weighted by molar-refractivity contribution is 5.67. The van der Waals surface area contributed by atoms with Crippen LogP contribution in [0.1, 0.15) is 5.56 Å². The van der Waals surface area contributed by atoms with E-state index in [4.69, 9.17) is 10.5 Å². The van der Waals surface area contributed by atoms with Gasteiger partial charge in [0.05, 0.1) is 5.69 Å². The lowest BCUT2D eigenvalue weighted by Gasteiger charge is -2.09. The molecule has 0 radical (unpaired) electrons. The van der Waals surface area contributed by atoms with Gasteiger partial charge in [-0.3, -0.25) is 0 Å². The highest BCUT2D eigenvalue weighted by atomic mass is 19.2. The number of hydrogen-bond acceptors (Lipinski definition) is 2. The SMILES string of the molecule is Nc1ccc(-c2ccc(OCc3ccccc3)cc2)c(F)c1F. The van der Waals surface area contributed by atoms with E-state index in [-0.39, 0.29) is 11.3 Å². The summed E-state index contributed by atoms with van der Waals surface area (Å²) in [6, 6.07) is 19.4. The normalized spacial score (nSPS) is 10.5. The summed E-state index contributed by atoms with van der Waals surface area (Å²) >= 11 is 0. The number of nitrogens with two attached hydrogens (primary N) is 1. The molecule has 23 heavy (non-hydrogen) atoms. The first kappa shape index (κ1) is 15.0. The topological polar surface area (TPSA) is 35.2 Å². The van der Waals surface area contributed by atoms with Crippen LogP contribution in [0.3, 0.4) is 0 Å². The summed E-state index contributed by atoms with van der Waals surface area (Å²) in [5, 5.41) is 0. The number of nitrogen functional groups attached to an aromatic ring is 1. The molecule has 4 heteroatoms. The molecule has 0 saturated heterocycles. The van der Waals surface area contributed by atoms with E-state index < -0.39 is 11.6 Å². The van der Waals surface area contributed by atoms with Crippen LogP contribution in [0.4, 0.5) is 14.5 Å². The van der Waals surface area contributed by atoms with Crippen molar-refractivity contribution in [2.75, 3.05) is 5.73 Å². The average Bonchev–Trinajstić information content (AvgIpc) is 2.60. The molecule has 0 spiro atoms. The number of anilines is 1. The molecule has 116 valence electrons. The van der Waals surface area contributed by atoms with Crippen LogP contribution >= 0.6 is 0 Å². The van der Waals surface area contributed by atoms with Crippen molar-refractivity contribution in [2.45, 2.75) is 6.61 Å². The quantitative estimate of drug-likeness (QED) is 0.703. The monoisotopic (exact) mass is 311 g/mol. The van der Waals surface area contributed by atoms with Crippen molar-refractivity contribution in [3.05, 3.63) is 83.9 Å². The zero-order valence-electron chi connectivity index (χ0n) is 12.3. The van der Waals surface area contributed by atoms with Crippen LogP contribution in [0.5, 0.6) is 5.75 Å². The van der Waals surface area contributed by atoms with Crippen molar-refractivity contribution < 1.29 is 13.5 Å². The summed E-state index contributed by atoms with van der Waals surface area (Å²) in [5.74, 6) is -1.30. The van der Waals surface area contributed by atoms with Crippen LogP contribution in [0, 0.1) is 11.6 Å². The van der Waals surface area contributed by atoms with Gasteiger partial charge in [0.2, 0.25) is 0 Å². The van der Waals surface area contributed by atoms with Crippen molar-refractivity contribution in [1.29, 1.82) is 0 Å². The Kier molecular flexibility index (Phi) is 4.24. The predicted molar refractivity (Wildman–Crippen MR) is 87.0 cm³/mol. The molecule has 0 aromatic heterocycles. The largest absolute Gasteiger partial charge is 0.489 e. The number of halogens is 2. The van der Waals surface area contributed by atoms with Gasteiger partial charge in [-0.15, -0.1) is 0 Å². The molecule has 3 aromatic carbocycles. The molecule has 0 amide bonds. The van der Waals surface area contributed by atoms with E-state index in [1.54, 1.807) is 24.3 Å². The molecule has 0 bridgehead atoms. The first-order chi connectivity index (χ1) is 11.1. The van der Waals surface area contributed by atoms with E-state index in [1.807, 2.05) is 30.3 Å². The summed E-state index contributed by atoms with van der Waals surface area (Å²) in [4.78, 5) is 0. The number of benzene rings is 3. The molecule has 2 nitrogen and oxygen atoms in total. The second-order valence-corrected chi connectivity index (χ2v) is 5.13. The Labute approximate surface area is 133 Å². The van der Waals surface area contributed by atoms with Gasteiger partial charge in [0.25, 0.3) is 0 Å². The smallest absolute Gasteiger partial charge is 0.182 e. The Hall–Kier alpha value is -2.88. The van der Waals surface area contributed by atoms with E-state index in [2.05, 4.69) is 0 Å².